The zero-order valence-electron chi connectivity index (χ0n) is 6.74. The number of alkyl halides is 6. The molecule has 0 saturated carbocycles. The summed E-state index contributed by atoms with van der Waals surface area (Å²) in [7, 11) is 0. The minimum Gasteiger partial charge on any atom is -0.286 e. The topological polar surface area (TPSA) is 17.1 Å². The summed E-state index contributed by atoms with van der Waals surface area (Å²) in [5.74, 6) is -2.04. The van der Waals surface area contributed by atoms with Crippen LogP contribution in [0.1, 0.15) is 15.9 Å². The van der Waals surface area contributed by atoms with Gasteiger partial charge in [0.25, 0.3) is 0 Å². The van der Waals surface area contributed by atoms with Crippen LogP contribution in [-0.4, -0.2) is 11.2 Å². The largest absolute Gasteiger partial charge is 0.417 e. The molecule has 0 fully saturated rings. The van der Waals surface area contributed by atoms with Crippen molar-refractivity contribution in [3.63, 3.8) is 0 Å². The molecule has 1 aromatic heterocycles. The van der Waals surface area contributed by atoms with Crippen molar-refractivity contribution in [2.24, 2.45) is 0 Å². The zero-order chi connectivity index (χ0) is 11.9. The number of thiophene rings is 1. The maximum absolute atomic E-state index is 12.3. The molecule has 1 nitrogen and oxygen atoms in total. The van der Waals surface area contributed by atoms with E-state index >= 15 is 0 Å². The molecule has 84 valence electrons. The maximum atomic E-state index is 12.3. The Bertz CT molecular complexity index is 377. The summed E-state index contributed by atoms with van der Waals surface area (Å²) < 4.78 is 61.2. The molecule has 0 saturated heterocycles. The third-order valence-corrected chi connectivity index (χ3v) is 2.38. The molecule has 0 unspecified atom stereocenters. The molecule has 0 aromatic carbocycles. The monoisotopic (exact) mass is 264 g/mol. The predicted octanol–water partition coefficient (Wildman–Crippen LogP) is 3.78. The Hall–Kier alpha value is -0.690. The quantitative estimate of drug-likeness (QED) is 0.451. The second-order valence-electron chi connectivity index (χ2n) is 2.52. The number of rotatable bonds is 2. The number of hydrogen-bond acceptors (Lipinski definition) is 2. The molecule has 8 heteroatoms. The molecule has 15 heavy (non-hydrogen) atoms. The Balaban J connectivity index is 3.18. The average molecular weight is 265 g/mol. The first-order chi connectivity index (χ1) is 6.64. The van der Waals surface area contributed by atoms with Crippen molar-refractivity contribution in [2.75, 3.05) is 0 Å². The van der Waals surface area contributed by atoms with E-state index in [1.807, 2.05) is 0 Å². The second kappa shape index (κ2) is 3.71. The van der Waals surface area contributed by atoms with Crippen LogP contribution in [-0.2, 0) is 6.18 Å². The summed E-state index contributed by atoms with van der Waals surface area (Å²) >= 11 is 4.86. The first-order valence-corrected chi connectivity index (χ1v) is 4.71. The highest BCUT2D eigenvalue weighted by Crippen LogP contribution is 2.37. The Kier molecular flexibility index (Phi) is 3.06. The van der Waals surface area contributed by atoms with Gasteiger partial charge in [0.2, 0.25) is 5.78 Å². The fraction of sp³-hybridized carbons (Fsp3) is 0.286. The summed E-state index contributed by atoms with van der Waals surface area (Å²) in [6.07, 6.45) is -4.84. The number of Topliss-reactive ketones (excluding diaryl/α,β-unsaturated/α-hetero) is 1. The van der Waals surface area contributed by atoms with Crippen LogP contribution in [0.4, 0.5) is 22.0 Å². The molecule has 0 amide bonds. The van der Waals surface area contributed by atoms with Crippen LogP contribution in [0.2, 0.25) is 0 Å². The molecule has 1 rings (SSSR count). The van der Waals surface area contributed by atoms with Crippen molar-refractivity contribution in [2.45, 2.75) is 11.6 Å². The normalized spacial score (nSPS) is 12.9. The summed E-state index contributed by atoms with van der Waals surface area (Å²) in [6.45, 7) is 0. The minimum atomic E-state index is -4.84. The molecule has 0 aliphatic carbocycles. The molecular formula is C7H2ClF5OS. The molecule has 0 spiro atoms. The summed E-state index contributed by atoms with van der Waals surface area (Å²) in [5, 5.41) is -3.04. The van der Waals surface area contributed by atoms with Crippen LogP contribution in [0.15, 0.2) is 10.8 Å². The molecule has 1 aromatic rings. The average Bonchev–Trinajstić information content (AvgIpc) is 2.47. The fourth-order valence-corrected chi connectivity index (χ4v) is 1.78. The van der Waals surface area contributed by atoms with E-state index in [0.717, 1.165) is 0 Å². The number of carbonyl (C=O) groups excluding carboxylic acids is 1. The van der Waals surface area contributed by atoms with Gasteiger partial charge >= 0.3 is 11.6 Å². The summed E-state index contributed by atoms with van der Waals surface area (Å²) in [4.78, 5) is 10.8. The molecule has 0 N–H and O–H groups in total. The lowest BCUT2D eigenvalue weighted by Gasteiger charge is -2.09. The molecule has 0 bridgehead atoms. The van der Waals surface area contributed by atoms with E-state index in [1.165, 1.54) is 0 Å². The van der Waals surface area contributed by atoms with Crippen LogP contribution < -0.4 is 0 Å². The van der Waals surface area contributed by atoms with E-state index < -0.39 is 28.5 Å². The highest BCUT2D eigenvalue weighted by Gasteiger charge is 2.43. The lowest BCUT2D eigenvalue weighted by Crippen LogP contribution is -2.23. The van der Waals surface area contributed by atoms with Crippen molar-refractivity contribution in [3.8, 4) is 0 Å². The van der Waals surface area contributed by atoms with Crippen LogP contribution >= 0.6 is 22.9 Å². The van der Waals surface area contributed by atoms with Crippen LogP contribution in [0.3, 0.4) is 0 Å². The van der Waals surface area contributed by atoms with E-state index in [9.17, 15) is 26.7 Å². The third-order valence-electron chi connectivity index (χ3n) is 1.47. The van der Waals surface area contributed by atoms with Gasteiger partial charge in [0.1, 0.15) is 0 Å². The van der Waals surface area contributed by atoms with E-state index in [0.29, 0.717) is 22.1 Å². The van der Waals surface area contributed by atoms with Gasteiger partial charge < -0.3 is 0 Å². The van der Waals surface area contributed by atoms with E-state index in [1.54, 1.807) is 0 Å². The zero-order valence-corrected chi connectivity index (χ0v) is 8.31. The van der Waals surface area contributed by atoms with Gasteiger partial charge in [-0.05, 0) is 11.6 Å². The van der Waals surface area contributed by atoms with Gasteiger partial charge in [0, 0.05) is 16.3 Å². The van der Waals surface area contributed by atoms with Gasteiger partial charge in [0.05, 0.1) is 5.56 Å². The van der Waals surface area contributed by atoms with E-state index in [-0.39, 0.29) is 0 Å². The SMILES string of the molecule is O=C(c1cscc1C(F)(F)F)C(F)(F)Cl. The number of ketones is 1. The van der Waals surface area contributed by atoms with Crippen molar-refractivity contribution in [1.29, 1.82) is 0 Å². The van der Waals surface area contributed by atoms with Crippen LogP contribution in [0.5, 0.6) is 0 Å². The van der Waals surface area contributed by atoms with Crippen LogP contribution in [0.25, 0.3) is 0 Å². The number of hydrogen-bond donors (Lipinski definition) is 0. The van der Waals surface area contributed by atoms with E-state index in [2.05, 4.69) is 11.6 Å². The number of halogens is 6. The van der Waals surface area contributed by atoms with Gasteiger partial charge in [-0.15, -0.1) is 0 Å². The van der Waals surface area contributed by atoms with Crippen molar-refractivity contribution in [3.05, 3.63) is 21.9 Å². The van der Waals surface area contributed by atoms with Crippen molar-refractivity contribution in [1.82, 2.24) is 0 Å². The van der Waals surface area contributed by atoms with Gasteiger partial charge in [-0.1, -0.05) is 0 Å². The molecule has 0 aliphatic heterocycles. The smallest absolute Gasteiger partial charge is 0.286 e. The van der Waals surface area contributed by atoms with Gasteiger partial charge in [-0.2, -0.15) is 33.3 Å². The molecule has 1 heterocycles. The van der Waals surface area contributed by atoms with E-state index in [4.69, 9.17) is 0 Å². The Morgan fingerprint density at radius 3 is 2.13 bits per heavy atom. The standard InChI is InChI=1S/C7H2ClF5OS/c8-6(9,10)5(14)3-1-15-2-4(3)7(11,12)13/h1-2H. The second-order valence-corrected chi connectivity index (χ2v) is 3.74. The minimum absolute atomic E-state index is 0.505. The lowest BCUT2D eigenvalue weighted by molar-refractivity contribution is -0.137. The highest BCUT2D eigenvalue weighted by atomic mass is 35.5. The summed E-state index contributed by atoms with van der Waals surface area (Å²) in [5.41, 5.74) is -2.50. The predicted molar refractivity (Wildman–Crippen MR) is 44.5 cm³/mol. The van der Waals surface area contributed by atoms with Crippen molar-refractivity contribution < 1.29 is 26.7 Å². The first kappa shape index (κ1) is 12.4. The van der Waals surface area contributed by atoms with Gasteiger partial charge in [0.15, 0.2) is 0 Å². The highest BCUT2D eigenvalue weighted by molar-refractivity contribution is 7.08. The van der Waals surface area contributed by atoms with Crippen LogP contribution in [0, 0.1) is 0 Å². The van der Waals surface area contributed by atoms with Gasteiger partial charge in [-0.25, -0.2) is 0 Å². The Morgan fingerprint density at radius 1 is 1.20 bits per heavy atom. The molecule has 0 atom stereocenters. The molecular weight excluding hydrogens is 263 g/mol. The molecule has 0 radical (unpaired) electrons. The van der Waals surface area contributed by atoms with Gasteiger partial charge in [-0.3, -0.25) is 4.79 Å². The van der Waals surface area contributed by atoms with Crippen molar-refractivity contribution >= 4 is 28.7 Å². The lowest BCUT2D eigenvalue weighted by atomic mass is 10.1. The Labute approximate surface area is 89.5 Å². The fourth-order valence-electron chi connectivity index (χ4n) is 0.845. The summed E-state index contributed by atoms with van der Waals surface area (Å²) in [6, 6.07) is 0. The molecule has 0 aliphatic rings. The number of carbonyl (C=O) groups is 1. The third kappa shape index (κ3) is 2.66. The first-order valence-electron chi connectivity index (χ1n) is 3.39. The Morgan fingerprint density at radius 2 is 1.73 bits per heavy atom. The maximum Gasteiger partial charge on any atom is 0.417 e.